The second-order valence-corrected chi connectivity index (χ2v) is 3.16. The summed E-state index contributed by atoms with van der Waals surface area (Å²) in [6.07, 6.45) is 0. The van der Waals surface area contributed by atoms with Crippen LogP contribution in [-0.4, -0.2) is 29.4 Å². The van der Waals surface area contributed by atoms with Crippen LogP contribution in [-0.2, 0) is 4.74 Å². The molecule has 5 nitrogen and oxygen atoms in total. The van der Waals surface area contributed by atoms with Crippen LogP contribution in [0, 0.1) is 0 Å². The topological polar surface area (TPSA) is 64.2 Å². The van der Waals surface area contributed by atoms with Crippen molar-refractivity contribution in [1.29, 1.82) is 0 Å². The van der Waals surface area contributed by atoms with Gasteiger partial charge in [-0.1, -0.05) is 0 Å². The van der Waals surface area contributed by atoms with Crippen LogP contribution >= 0.6 is 15.9 Å². The number of halogens is 1. The molecular weight excluding hydrogens is 252 g/mol. The van der Waals surface area contributed by atoms with E-state index in [1.807, 2.05) is 6.92 Å². The first-order valence-electron chi connectivity index (χ1n) is 4.24. The molecule has 1 N–H and O–H groups in total. The molecule has 0 aliphatic carbocycles. The molecule has 1 aromatic rings. The molecule has 0 atom stereocenters. The van der Waals surface area contributed by atoms with Gasteiger partial charge < -0.3 is 9.47 Å². The molecule has 1 heterocycles. The molecule has 78 valence electrons. The Labute approximate surface area is 89.9 Å². The zero-order valence-corrected chi connectivity index (χ0v) is 9.55. The molecule has 0 amide bonds. The molecule has 6 heteroatoms. The number of nitrogens with zero attached hydrogens (tertiary/aromatic N) is 1. The fourth-order valence-corrected chi connectivity index (χ4v) is 1.35. The Morgan fingerprint density at radius 3 is 2.79 bits per heavy atom. The van der Waals surface area contributed by atoms with Gasteiger partial charge in [-0.25, -0.2) is 4.79 Å². The van der Waals surface area contributed by atoms with Crippen molar-refractivity contribution < 1.29 is 14.3 Å². The number of esters is 1. The smallest absolute Gasteiger partial charge is 0.346 e. The van der Waals surface area contributed by atoms with E-state index in [9.17, 15) is 4.79 Å². The van der Waals surface area contributed by atoms with Crippen LogP contribution in [0.5, 0.6) is 5.88 Å². The van der Waals surface area contributed by atoms with E-state index in [2.05, 4.69) is 26.1 Å². The molecule has 0 saturated heterocycles. The SMILES string of the molecule is CCOC(=O)c1c(OCC)n[nH]c1Br. The van der Waals surface area contributed by atoms with Crippen LogP contribution in [0.1, 0.15) is 24.2 Å². The average molecular weight is 263 g/mol. The highest BCUT2D eigenvalue weighted by Gasteiger charge is 2.21. The summed E-state index contributed by atoms with van der Waals surface area (Å²) < 4.78 is 10.5. The summed E-state index contributed by atoms with van der Waals surface area (Å²) in [5.41, 5.74) is 0.300. The van der Waals surface area contributed by atoms with Crippen LogP contribution in [0.15, 0.2) is 4.60 Å². The Kier molecular flexibility index (Phi) is 3.94. The molecule has 0 saturated carbocycles. The zero-order chi connectivity index (χ0) is 10.6. The molecule has 0 spiro atoms. The Bertz CT molecular complexity index is 324. The predicted molar refractivity (Wildman–Crippen MR) is 53.4 cm³/mol. The van der Waals surface area contributed by atoms with Gasteiger partial charge >= 0.3 is 5.97 Å². The number of aromatic amines is 1. The van der Waals surface area contributed by atoms with Gasteiger partial charge in [-0.2, -0.15) is 0 Å². The molecule has 0 unspecified atom stereocenters. The molecule has 14 heavy (non-hydrogen) atoms. The van der Waals surface area contributed by atoms with Gasteiger partial charge in [0.1, 0.15) is 4.60 Å². The standard InChI is InChI=1S/C8H11BrN2O3/c1-3-13-7-5(6(9)10-11-7)8(12)14-4-2/h3-4H2,1-2H3,(H,10,11). The van der Waals surface area contributed by atoms with E-state index < -0.39 is 5.97 Å². The maximum absolute atomic E-state index is 11.4. The van der Waals surface area contributed by atoms with E-state index in [-0.39, 0.29) is 5.88 Å². The van der Waals surface area contributed by atoms with Crippen molar-refractivity contribution >= 4 is 21.9 Å². The quantitative estimate of drug-likeness (QED) is 0.840. The van der Waals surface area contributed by atoms with Gasteiger partial charge in [0.15, 0.2) is 5.56 Å². The first-order valence-corrected chi connectivity index (χ1v) is 5.03. The Morgan fingerprint density at radius 1 is 1.50 bits per heavy atom. The molecule has 1 aromatic heterocycles. The molecular formula is C8H11BrN2O3. The minimum atomic E-state index is -0.448. The van der Waals surface area contributed by atoms with E-state index >= 15 is 0 Å². The second kappa shape index (κ2) is 4.99. The van der Waals surface area contributed by atoms with Gasteiger partial charge in [0.2, 0.25) is 5.88 Å². The lowest BCUT2D eigenvalue weighted by Gasteiger charge is -2.02. The van der Waals surface area contributed by atoms with E-state index in [0.717, 1.165) is 0 Å². The average Bonchev–Trinajstić information content (AvgIpc) is 2.48. The van der Waals surface area contributed by atoms with Gasteiger partial charge in [-0.15, -0.1) is 5.10 Å². The summed E-state index contributed by atoms with van der Waals surface area (Å²) in [5, 5.41) is 6.42. The monoisotopic (exact) mass is 262 g/mol. The van der Waals surface area contributed by atoms with Crippen molar-refractivity contribution in [3.63, 3.8) is 0 Å². The number of hydrogen-bond acceptors (Lipinski definition) is 4. The fourth-order valence-electron chi connectivity index (χ4n) is 0.927. The minimum Gasteiger partial charge on any atom is -0.476 e. The zero-order valence-electron chi connectivity index (χ0n) is 7.96. The molecule has 0 radical (unpaired) electrons. The number of aromatic nitrogens is 2. The van der Waals surface area contributed by atoms with Crippen molar-refractivity contribution in [3.8, 4) is 5.88 Å². The lowest BCUT2D eigenvalue weighted by Crippen LogP contribution is -2.07. The summed E-state index contributed by atoms with van der Waals surface area (Å²) >= 11 is 3.16. The Hall–Kier alpha value is -1.04. The highest BCUT2D eigenvalue weighted by Crippen LogP contribution is 2.24. The number of nitrogens with one attached hydrogen (secondary N) is 1. The van der Waals surface area contributed by atoms with Crippen LogP contribution in [0.3, 0.4) is 0 Å². The lowest BCUT2D eigenvalue weighted by molar-refractivity contribution is 0.0521. The van der Waals surface area contributed by atoms with E-state index in [1.54, 1.807) is 6.92 Å². The number of hydrogen-bond donors (Lipinski definition) is 1. The fraction of sp³-hybridized carbons (Fsp3) is 0.500. The molecule has 0 aliphatic rings. The Balaban J connectivity index is 2.92. The summed E-state index contributed by atoms with van der Waals surface area (Å²) in [6, 6.07) is 0. The third kappa shape index (κ3) is 2.25. The molecule has 0 aromatic carbocycles. The lowest BCUT2D eigenvalue weighted by atomic mass is 10.3. The van der Waals surface area contributed by atoms with Crippen molar-refractivity contribution in [2.75, 3.05) is 13.2 Å². The second-order valence-electron chi connectivity index (χ2n) is 2.37. The first kappa shape index (κ1) is 11.0. The molecule has 0 aliphatic heterocycles. The van der Waals surface area contributed by atoms with Crippen LogP contribution < -0.4 is 4.74 Å². The van der Waals surface area contributed by atoms with Crippen LogP contribution in [0.2, 0.25) is 0 Å². The highest BCUT2D eigenvalue weighted by atomic mass is 79.9. The number of carbonyl (C=O) groups is 1. The summed E-state index contributed by atoms with van der Waals surface area (Å²) in [5.74, 6) is -0.186. The molecule has 0 bridgehead atoms. The highest BCUT2D eigenvalue weighted by molar-refractivity contribution is 9.10. The normalized spacial score (nSPS) is 9.93. The predicted octanol–water partition coefficient (Wildman–Crippen LogP) is 1.75. The number of ether oxygens (including phenoxy) is 2. The van der Waals surface area contributed by atoms with E-state index in [0.29, 0.717) is 23.4 Å². The van der Waals surface area contributed by atoms with Gasteiger partial charge in [0.25, 0.3) is 0 Å². The van der Waals surface area contributed by atoms with Crippen LogP contribution in [0.25, 0.3) is 0 Å². The Morgan fingerprint density at radius 2 is 2.21 bits per heavy atom. The summed E-state index contributed by atoms with van der Waals surface area (Å²) in [6.45, 7) is 4.33. The minimum absolute atomic E-state index is 0.262. The first-order chi connectivity index (χ1) is 6.70. The molecule has 1 rings (SSSR count). The van der Waals surface area contributed by atoms with Crippen molar-refractivity contribution in [2.24, 2.45) is 0 Å². The largest absolute Gasteiger partial charge is 0.476 e. The van der Waals surface area contributed by atoms with Gasteiger partial charge in [0, 0.05) is 0 Å². The molecule has 0 fully saturated rings. The van der Waals surface area contributed by atoms with Crippen LogP contribution in [0.4, 0.5) is 0 Å². The van der Waals surface area contributed by atoms with Gasteiger partial charge in [0.05, 0.1) is 13.2 Å². The number of rotatable bonds is 4. The van der Waals surface area contributed by atoms with Crippen molar-refractivity contribution in [3.05, 3.63) is 10.2 Å². The van der Waals surface area contributed by atoms with Gasteiger partial charge in [-0.3, -0.25) is 5.10 Å². The van der Waals surface area contributed by atoms with Gasteiger partial charge in [-0.05, 0) is 29.8 Å². The number of carbonyl (C=O) groups excluding carboxylic acids is 1. The number of H-pyrrole nitrogens is 1. The van der Waals surface area contributed by atoms with E-state index in [4.69, 9.17) is 9.47 Å². The van der Waals surface area contributed by atoms with Crippen molar-refractivity contribution in [2.45, 2.75) is 13.8 Å². The third-order valence-electron chi connectivity index (χ3n) is 1.45. The summed E-state index contributed by atoms with van der Waals surface area (Å²) in [7, 11) is 0. The third-order valence-corrected chi connectivity index (χ3v) is 2.02. The summed E-state index contributed by atoms with van der Waals surface area (Å²) in [4.78, 5) is 11.4. The van der Waals surface area contributed by atoms with E-state index in [1.165, 1.54) is 0 Å². The maximum atomic E-state index is 11.4. The van der Waals surface area contributed by atoms with Crippen molar-refractivity contribution in [1.82, 2.24) is 10.2 Å². The maximum Gasteiger partial charge on any atom is 0.346 e.